The molecule has 3 N–H and O–H groups in total. The van der Waals surface area contributed by atoms with Crippen LogP contribution in [-0.2, 0) is 12.1 Å². The fourth-order valence-electron chi connectivity index (χ4n) is 5.65. The van der Waals surface area contributed by atoms with Crippen molar-refractivity contribution < 1.29 is 19.1 Å². The zero-order valence-corrected chi connectivity index (χ0v) is 23.0. The normalized spacial score (nSPS) is 13.6. The lowest BCUT2D eigenvalue weighted by Gasteiger charge is -2.20. The van der Waals surface area contributed by atoms with Gasteiger partial charge in [0.15, 0.2) is 0 Å². The van der Waals surface area contributed by atoms with E-state index in [-0.39, 0.29) is 17.3 Å². The molecule has 0 aliphatic heterocycles. The number of aromatic carboxylic acids is 1. The van der Waals surface area contributed by atoms with Gasteiger partial charge in [-0.25, -0.2) is 9.18 Å². The summed E-state index contributed by atoms with van der Waals surface area (Å²) in [4.78, 5) is 30.0. The predicted molar refractivity (Wildman–Crippen MR) is 164 cm³/mol. The first-order valence-corrected chi connectivity index (χ1v) is 14.0. The number of rotatable bonds is 8. The number of nitrogens with one attached hydrogen (secondary N) is 2. The Labute approximate surface area is 246 Å². The van der Waals surface area contributed by atoms with Gasteiger partial charge in [-0.05, 0) is 79.1 Å². The molecule has 212 valence electrons. The molecule has 2 heterocycles. The fraction of sp³-hybridized carbons (Fsp3) is 0.114. The van der Waals surface area contributed by atoms with Crippen molar-refractivity contribution in [3.63, 3.8) is 0 Å². The topological polar surface area (TPSA) is 96.3 Å². The largest absolute Gasteiger partial charge is 0.478 e. The van der Waals surface area contributed by atoms with E-state index in [1.54, 1.807) is 30.3 Å². The van der Waals surface area contributed by atoms with E-state index in [0.29, 0.717) is 17.6 Å². The lowest BCUT2D eigenvalue weighted by molar-refractivity contribution is 0.0696. The third kappa shape index (κ3) is 5.08. The number of carboxylic acid groups (broad SMARTS) is 1. The van der Waals surface area contributed by atoms with Gasteiger partial charge in [0.1, 0.15) is 5.82 Å². The van der Waals surface area contributed by atoms with Gasteiger partial charge >= 0.3 is 5.97 Å². The lowest BCUT2D eigenvalue weighted by atomic mass is 10.0. The van der Waals surface area contributed by atoms with Crippen LogP contribution in [0.3, 0.4) is 0 Å². The van der Waals surface area contributed by atoms with Gasteiger partial charge in [0.25, 0.3) is 5.91 Å². The van der Waals surface area contributed by atoms with E-state index >= 15 is 0 Å². The molecule has 7 rings (SSSR count). The highest BCUT2D eigenvalue weighted by atomic mass is 19.1. The van der Waals surface area contributed by atoms with E-state index in [4.69, 9.17) is 4.98 Å². The maximum atomic E-state index is 14.0. The third-order valence-electron chi connectivity index (χ3n) is 8.05. The molecule has 1 aliphatic rings. The van der Waals surface area contributed by atoms with Crippen molar-refractivity contribution in [2.45, 2.75) is 24.9 Å². The molecule has 0 saturated heterocycles. The molecule has 0 atom stereocenters. The Balaban J connectivity index is 1.27. The summed E-state index contributed by atoms with van der Waals surface area (Å²) in [5.41, 5.74) is 4.90. The number of carboxylic acids is 1. The number of fused-ring (bicyclic) bond motifs is 2. The Morgan fingerprint density at radius 1 is 0.907 bits per heavy atom. The van der Waals surface area contributed by atoms with Gasteiger partial charge in [-0.2, -0.15) is 0 Å². The minimum absolute atomic E-state index is 0.206. The third-order valence-corrected chi connectivity index (χ3v) is 8.05. The number of halogens is 1. The highest BCUT2D eigenvalue weighted by Crippen LogP contribution is 2.46. The van der Waals surface area contributed by atoms with E-state index in [0.717, 1.165) is 51.8 Å². The van der Waals surface area contributed by atoms with Crippen LogP contribution in [-0.4, -0.2) is 26.5 Å². The number of pyridine rings is 1. The van der Waals surface area contributed by atoms with E-state index in [2.05, 4.69) is 10.6 Å². The monoisotopic (exact) mass is 570 g/mol. The summed E-state index contributed by atoms with van der Waals surface area (Å²) in [6.45, 7) is 0.382. The van der Waals surface area contributed by atoms with Crippen molar-refractivity contribution >= 4 is 45.1 Å². The summed E-state index contributed by atoms with van der Waals surface area (Å²) in [6.07, 6.45) is 3.47. The Kier molecular flexibility index (Phi) is 6.39. The highest BCUT2D eigenvalue weighted by Gasteiger charge is 2.46. The molecule has 0 spiro atoms. The average molecular weight is 571 g/mol. The summed E-state index contributed by atoms with van der Waals surface area (Å²) in [5, 5.41) is 17.7. The number of hydrogen-bond acceptors (Lipinski definition) is 4. The SMILES string of the molecule is O=C(O)c1ccc(C2(NC(=O)c3ccc(Nc4ccccc4)c4ccn(Cc5ccc6ccc(F)cc6n5)c34)CC2)cc1. The lowest BCUT2D eigenvalue weighted by Crippen LogP contribution is -2.35. The molecule has 1 fully saturated rings. The van der Waals surface area contributed by atoms with Gasteiger partial charge in [-0.15, -0.1) is 0 Å². The number of para-hydroxylation sites is 1. The number of amides is 1. The zero-order valence-electron chi connectivity index (χ0n) is 23.0. The number of benzene rings is 4. The van der Waals surface area contributed by atoms with Crippen LogP contribution < -0.4 is 10.6 Å². The molecule has 7 nitrogen and oxygen atoms in total. The molecule has 0 bridgehead atoms. The molecule has 2 aromatic heterocycles. The van der Waals surface area contributed by atoms with Crippen molar-refractivity contribution in [1.29, 1.82) is 0 Å². The summed E-state index contributed by atoms with van der Waals surface area (Å²) < 4.78 is 15.9. The summed E-state index contributed by atoms with van der Waals surface area (Å²) >= 11 is 0. The van der Waals surface area contributed by atoms with Crippen LogP contribution in [0.2, 0.25) is 0 Å². The Hall–Kier alpha value is -5.50. The van der Waals surface area contributed by atoms with Crippen LogP contribution >= 0.6 is 0 Å². The summed E-state index contributed by atoms with van der Waals surface area (Å²) in [7, 11) is 0. The highest BCUT2D eigenvalue weighted by molar-refractivity contribution is 6.10. The molecule has 1 aliphatic carbocycles. The first kappa shape index (κ1) is 26.4. The van der Waals surface area contributed by atoms with Gasteiger partial charge in [0.2, 0.25) is 0 Å². The zero-order chi connectivity index (χ0) is 29.6. The summed E-state index contributed by atoms with van der Waals surface area (Å²) in [6, 6.07) is 30.6. The number of hydrogen-bond donors (Lipinski definition) is 3. The number of nitrogens with zero attached hydrogens (tertiary/aromatic N) is 2. The Morgan fingerprint density at radius 2 is 1.67 bits per heavy atom. The molecular formula is C35H27FN4O3. The summed E-state index contributed by atoms with van der Waals surface area (Å²) in [5.74, 6) is -1.55. The maximum absolute atomic E-state index is 14.0. The molecule has 8 heteroatoms. The number of aromatic nitrogens is 2. The van der Waals surface area contributed by atoms with Crippen LogP contribution in [0.15, 0.2) is 109 Å². The van der Waals surface area contributed by atoms with Crippen LogP contribution in [0.5, 0.6) is 0 Å². The minimum atomic E-state index is -0.987. The van der Waals surface area contributed by atoms with Gasteiger partial charge in [0.05, 0.1) is 39.9 Å². The maximum Gasteiger partial charge on any atom is 0.335 e. The van der Waals surface area contributed by atoms with Crippen LogP contribution in [0.4, 0.5) is 15.8 Å². The van der Waals surface area contributed by atoms with Crippen molar-refractivity contribution in [1.82, 2.24) is 14.9 Å². The fourth-order valence-corrected chi connectivity index (χ4v) is 5.65. The van der Waals surface area contributed by atoms with Gasteiger partial charge < -0.3 is 20.3 Å². The van der Waals surface area contributed by atoms with Gasteiger partial charge in [-0.1, -0.05) is 36.4 Å². The van der Waals surface area contributed by atoms with E-state index < -0.39 is 11.5 Å². The van der Waals surface area contributed by atoms with Crippen LogP contribution in [0.1, 0.15) is 44.8 Å². The second-order valence-electron chi connectivity index (χ2n) is 10.9. The van der Waals surface area contributed by atoms with Crippen molar-refractivity contribution in [2.75, 3.05) is 5.32 Å². The second-order valence-corrected chi connectivity index (χ2v) is 10.9. The first-order chi connectivity index (χ1) is 20.9. The Morgan fingerprint density at radius 3 is 2.42 bits per heavy atom. The van der Waals surface area contributed by atoms with Crippen molar-refractivity contribution in [3.8, 4) is 0 Å². The van der Waals surface area contributed by atoms with Gasteiger partial charge in [-0.3, -0.25) is 9.78 Å². The van der Waals surface area contributed by atoms with Crippen LogP contribution in [0.25, 0.3) is 21.8 Å². The molecule has 1 saturated carbocycles. The molecule has 4 aromatic carbocycles. The quantitative estimate of drug-likeness (QED) is 0.179. The molecule has 1 amide bonds. The van der Waals surface area contributed by atoms with Crippen molar-refractivity contribution in [3.05, 3.63) is 138 Å². The molecule has 0 unspecified atom stereocenters. The first-order valence-electron chi connectivity index (χ1n) is 14.0. The second kappa shape index (κ2) is 10.4. The van der Waals surface area contributed by atoms with Crippen LogP contribution in [0, 0.1) is 5.82 Å². The van der Waals surface area contributed by atoms with Crippen molar-refractivity contribution in [2.24, 2.45) is 0 Å². The molecule has 0 radical (unpaired) electrons. The Bertz CT molecular complexity index is 2020. The molecule has 43 heavy (non-hydrogen) atoms. The average Bonchev–Trinajstić information content (AvgIpc) is 3.68. The van der Waals surface area contributed by atoms with E-state index in [1.165, 1.54) is 12.1 Å². The molecule has 6 aromatic rings. The number of carbonyl (C=O) groups excluding carboxylic acids is 1. The molecular weight excluding hydrogens is 543 g/mol. The van der Waals surface area contributed by atoms with E-state index in [1.807, 2.05) is 71.4 Å². The standard InChI is InChI=1S/C35H27FN4O3/c36-25-12-8-22-9-13-27(38-31(22)20-25)21-40-19-16-28-30(37-26-4-2-1-3-5-26)15-14-29(32(28)40)33(41)39-35(17-18-35)24-10-6-23(7-11-24)34(42)43/h1-16,19-20,37H,17-18,21H2,(H,39,41)(H,42,43). The number of anilines is 2. The predicted octanol–water partition coefficient (Wildman–Crippen LogP) is 7.24. The minimum Gasteiger partial charge on any atom is -0.478 e. The van der Waals surface area contributed by atoms with Gasteiger partial charge in [0, 0.05) is 34.4 Å². The van der Waals surface area contributed by atoms with E-state index in [9.17, 15) is 19.1 Å². The number of carbonyl (C=O) groups is 2. The smallest absolute Gasteiger partial charge is 0.335 e.